The Hall–Kier alpha value is -3.55. The fraction of sp³-hybridized carbons (Fsp3) is 0.286. The molecule has 0 fully saturated rings. The number of nitrogens with zero attached hydrogens (tertiary/aromatic N) is 2. The summed E-state index contributed by atoms with van der Waals surface area (Å²) in [5.41, 5.74) is 1.11. The Kier molecular flexibility index (Phi) is 6.01. The van der Waals surface area contributed by atoms with E-state index in [1.807, 2.05) is 25.1 Å². The lowest BCUT2D eigenvalue weighted by atomic mass is 10.1. The van der Waals surface area contributed by atoms with Gasteiger partial charge in [-0.3, -0.25) is 14.2 Å². The number of carbonyl (C=O) groups is 1. The van der Waals surface area contributed by atoms with E-state index in [0.29, 0.717) is 11.4 Å². The van der Waals surface area contributed by atoms with Gasteiger partial charge in [0.05, 0.1) is 12.8 Å². The summed E-state index contributed by atoms with van der Waals surface area (Å²) in [6.07, 6.45) is 2.59. The molecule has 2 aromatic heterocycles. The van der Waals surface area contributed by atoms with Crippen molar-refractivity contribution in [1.82, 2.24) is 9.55 Å². The molecule has 0 radical (unpaired) electrons. The molecule has 2 N–H and O–H groups in total. The normalized spacial score (nSPS) is 10.7. The van der Waals surface area contributed by atoms with Gasteiger partial charge in [0.25, 0.3) is 11.5 Å². The molecule has 8 heteroatoms. The molecule has 1 aromatic carbocycles. The molecule has 3 aromatic rings. The highest BCUT2D eigenvalue weighted by molar-refractivity contribution is 6.04. The first-order valence-electron chi connectivity index (χ1n) is 9.46. The van der Waals surface area contributed by atoms with Crippen LogP contribution in [0.3, 0.4) is 0 Å². The lowest BCUT2D eigenvalue weighted by molar-refractivity contribution is 0.102. The number of aryl methyl sites for hydroxylation is 1. The number of hydrogen-bond donors (Lipinski definition) is 2. The molecule has 0 aliphatic heterocycles. The first-order valence-corrected chi connectivity index (χ1v) is 9.46. The predicted octanol–water partition coefficient (Wildman–Crippen LogP) is 2.58. The zero-order chi connectivity index (χ0) is 21.0. The number of benzene rings is 1. The molecule has 0 saturated carbocycles. The van der Waals surface area contributed by atoms with Gasteiger partial charge in [-0.2, -0.15) is 0 Å². The Morgan fingerprint density at radius 3 is 2.59 bits per heavy atom. The number of hydrogen-bond acceptors (Lipinski definition) is 5. The Balaban J connectivity index is 1.86. The van der Waals surface area contributed by atoms with E-state index < -0.39 is 17.2 Å². The minimum absolute atomic E-state index is 0.0557. The van der Waals surface area contributed by atoms with E-state index in [0.717, 1.165) is 35.1 Å². The fourth-order valence-electron chi connectivity index (χ4n) is 3.14. The summed E-state index contributed by atoms with van der Waals surface area (Å²) >= 11 is 0. The predicted molar refractivity (Wildman–Crippen MR) is 112 cm³/mol. The molecule has 0 spiro atoms. The average molecular weight is 396 g/mol. The van der Waals surface area contributed by atoms with E-state index in [-0.39, 0.29) is 12.1 Å². The van der Waals surface area contributed by atoms with Crippen molar-refractivity contribution in [2.75, 3.05) is 23.3 Å². The Labute approximate surface area is 167 Å². The maximum atomic E-state index is 12.7. The molecule has 8 nitrogen and oxygen atoms in total. The second kappa shape index (κ2) is 8.64. The number of aromatic amines is 1. The van der Waals surface area contributed by atoms with Crippen LogP contribution in [0.2, 0.25) is 0 Å². The number of anilines is 2. The highest BCUT2D eigenvalue weighted by Gasteiger charge is 2.17. The summed E-state index contributed by atoms with van der Waals surface area (Å²) in [5, 5.41) is 2.76. The van der Waals surface area contributed by atoms with Gasteiger partial charge < -0.3 is 19.6 Å². The van der Waals surface area contributed by atoms with Crippen molar-refractivity contribution in [3.8, 4) is 0 Å². The van der Waals surface area contributed by atoms with Crippen molar-refractivity contribution in [2.45, 2.75) is 27.3 Å². The minimum atomic E-state index is -0.680. The summed E-state index contributed by atoms with van der Waals surface area (Å²) in [7, 11) is 0. The molecule has 2 heterocycles. The van der Waals surface area contributed by atoms with Crippen molar-refractivity contribution in [3.05, 3.63) is 80.5 Å². The van der Waals surface area contributed by atoms with Crippen molar-refractivity contribution >= 4 is 17.3 Å². The Morgan fingerprint density at radius 2 is 1.97 bits per heavy atom. The number of H-pyrrole nitrogens is 1. The van der Waals surface area contributed by atoms with Crippen LogP contribution in [0.4, 0.5) is 11.4 Å². The molecular formula is C21H24N4O4. The van der Waals surface area contributed by atoms with Gasteiger partial charge in [0, 0.05) is 30.7 Å². The SMILES string of the molecule is CCN(CC)c1ccc(NC(=O)c2c[nH]c(=O)n(Cc3ccco3)c2=O)c(C)c1. The van der Waals surface area contributed by atoms with Crippen molar-refractivity contribution in [3.63, 3.8) is 0 Å². The zero-order valence-electron chi connectivity index (χ0n) is 16.7. The highest BCUT2D eigenvalue weighted by Crippen LogP contribution is 2.23. The molecule has 0 aliphatic rings. The lowest BCUT2D eigenvalue weighted by Crippen LogP contribution is -2.39. The zero-order valence-corrected chi connectivity index (χ0v) is 16.7. The molecule has 0 aliphatic carbocycles. The quantitative estimate of drug-likeness (QED) is 0.639. The van der Waals surface area contributed by atoms with E-state index in [2.05, 4.69) is 29.0 Å². The van der Waals surface area contributed by atoms with E-state index in [1.54, 1.807) is 12.1 Å². The van der Waals surface area contributed by atoms with Crippen LogP contribution in [-0.2, 0) is 6.54 Å². The van der Waals surface area contributed by atoms with Crippen LogP contribution in [0.25, 0.3) is 0 Å². The highest BCUT2D eigenvalue weighted by atomic mass is 16.3. The lowest BCUT2D eigenvalue weighted by Gasteiger charge is -2.22. The Bertz CT molecular complexity index is 1110. The summed E-state index contributed by atoms with van der Waals surface area (Å²) in [4.78, 5) is 42.1. The third-order valence-electron chi connectivity index (χ3n) is 4.79. The first-order chi connectivity index (χ1) is 13.9. The summed E-state index contributed by atoms with van der Waals surface area (Å²) in [5.74, 6) is -0.142. The molecule has 0 atom stereocenters. The van der Waals surface area contributed by atoms with Gasteiger partial charge in [0.15, 0.2) is 0 Å². The molecule has 0 unspecified atom stereocenters. The van der Waals surface area contributed by atoms with Gasteiger partial charge in [-0.25, -0.2) is 4.79 Å². The number of aromatic nitrogens is 2. The van der Waals surface area contributed by atoms with Gasteiger partial charge in [0.2, 0.25) is 0 Å². The van der Waals surface area contributed by atoms with Gasteiger partial charge in [0.1, 0.15) is 11.3 Å². The van der Waals surface area contributed by atoms with Crippen LogP contribution in [0, 0.1) is 6.92 Å². The van der Waals surface area contributed by atoms with Crippen LogP contribution in [0.5, 0.6) is 0 Å². The topological polar surface area (TPSA) is 100 Å². The minimum Gasteiger partial charge on any atom is -0.467 e. The van der Waals surface area contributed by atoms with Gasteiger partial charge in [-0.15, -0.1) is 0 Å². The molecule has 3 rings (SSSR count). The number of furan rings is 1. The summed E-state index contributed by atoms with van der Waals surface area (Å²) in [6, 6.07) is 9.05. The molecule has 0 bridgehead atoms. The average Bonchev–Trinajstić information content (AvgIpc) is 3.21. The van der Waals surface area contributed by atoms with Gasteiger partial charge in [-0.1, -0.05) is 0 Å². The first kappa shape index (κ1) is 20.2. The second-order valence-corrected chi connectivity index (χ2v) is 6.60. The monoisotopic (exact) mass is 396 g/mol. The molecule has 152 valence electrons. The number of carbonyl (C=O) groups excluding carboxylic acids is 1. The largest absolute Gasteiger partial charge is 0.467 e. The van der Waals surface area contributed by atoms with E-state index in [9.17, 15) is 14.4 Å². The number of amides is 1. The Morgan fingerprint density at radius 1 is 1.21 bits per heavy atom. The van der Waals surface area contributed by atoms with Crippen molar-refractivity contribution in [2.24, 2.45) is 0 Å². The fourth-order valence-corrected chi connectivity index (χ4v) is 3.14. The van der Waals surface area contributed by atoms with E-state index >= 15 is 0 Å². The maximum absolute atomic E-state index is 12.7. The van der Waals surface area contributed by atoms with Crippen LogP contribution in [0.15, 0.2) is 56.8 Å². The maximum Gasteiger partial charge on any atom is 0.328 e. The van der Waals surface area contributed by atoms with E-state index in [1.165, 1.54) is 6.26 Å². The summed E-state index contributed by atoms with van der Waals surface area (Å²) < 4.78 is 6.13. The third kappa shape index (κ3) is 4.31. The van der Waals surface area contributed by atoms with Crippen LogP contribution < -0.4 is 21.5 Å². The van der Waals surface area contributed by atoms with Gasteiger partial charge in [-0.05, 0) is 56.7 Å². The van der Waals surface area contributed by atoms with Crippen molar-refractivity contribution in [1.29, 1.82) is 0 Å². The van der Waals surface area contributed by atoms with Crippen LogP contribution in [-0.4, -0.2) is 28.5 Å². The smallest absolute Gasteiger partial charge is 0.328 e. The molecule has 0 saturated heterocycles. The number of rotatable bonds is 7. The van der Waals surface area contributed by atoms with E-state index in [4.69, 9.17) is 4.42 Å². The molecule has 29 heavy (non-hydrogen) atoms. The second-order valence-electron chi connectivity index (χ2n) is 6.60. The van der Waals surface area contributed by atoms with Gasteiger partial charge >= 0.3 is 5.69 Å². The van der Waals surface area contributed by atoms with Crippen molar-refractivity contribution < 1.29 is 9.21 Å². The van der Waals surface area contributed by atoms with Crippen LogP contribution in [0.1, 0.15) is 35.5 Å². The summed E-state index contributed by atoms with van der Waals surface area (Å²) in [6.45, 7) is 7.77. The molecule has 1 amide bonds. The molecular weight excluding hydrogens is 372 g/mol. The standard InChI is InChI=1S/C21H24N4O4/c1-4-24(5-2)15-8-9-18(14(3)11-15)23-19(26)17-12-22-21(28)25(20(17)27)13-16-7-6-10-29-16/h6-12H,4-5,13H2,1-3H3,(H,22,28)(H,23,26). The van der Waals surface area contributed by atoms with Crippen LogP contribution >= 0.6 is 0 Å². The number of nitrogens with one attached hydrogen (secondary N) is 2. The third-order valence-corrected chi connectivity index (χ3v) is 4.79.